The molecule has 1 aromatic heterocycles. The number of nitriles is 1. The Kier molecular flexibility index (Phi) is 9.16. The Hall–Kier alpha value is -4.39. The molecule has 0 amide bonds. The minimum Gasteiger partial charge on any atom is -0.497 e. The second-order valence-corrected chi connectivity index (χ2v) is 11.4. The van der Waals surface area contributed by atoms with Gasteiger partial charge in [-0.2, -0.15) is 10.2 Å². The summed E-state index contributed by atoms with van der Waals surface area (Å²) in [6, 6.07) is 28.0. The lowest BCUT2D eigenvalue weighted by Crippen LogP contribution is -2.51. The van der Waals surface area contributed by atoms with E-state index in [9.17, 15) is 5.26 Å². The first-order valence-electron chi connectivity index (χ1n) is 15.2. The molecular weight excluding hydrogens is 536 g/mol. The molecule has 2 atom stereocenters. The summed E-state index contributed by atoms with van der Waals surface area (Å²) in [5, 5.41) is 22.2. The topological polar surface area (TPSA) is 101 Å². The lowest BCUT2D eigenvalue weighted by atomic mass is 10.1. The largest absolute Gasteiger partial charge is 0.497 e. The van der Waals surface area contributed by atoms with E-state index in [1.807, 2.05) is 12.1 Å². The van der Waals surface area contributed by atoms with Crippen LogP contribution < -0.4 is 25.6 Å². The molecule has 4 aromatic rings. The lowest BCUT2D eigenvalue weighted by Gasteiger charge is -2.34. The number of likely N-dealkylation sites (tertiary alicyclic amines) is 1. The molecule has 0 unspecified atom stereocenters. The summed E-state index contributed by atoms with van der Waals surface area (Å²) in [5.74, 6) is 2.35. The number of hydrogen-bond donors (Lipinski definition) is 3. The number of anilines is 3. The van der Waals surface area contributed by atoms with Crippen LogP contribution in [0, 0.1) is 11.3 Å². The Labute approximate surface area is 253 Å². The Balaban J connectivity index is 1.22. The normalized spacial score (nSPS) is 18.8. The van der Waals surface area contributed by atoms with Gasteiger partial charge in [-0.05, 0) is 36.4 Å². The third-order valence-corrected chi connectivity index (χ3v) is 8.44. The first-order valence-corrected chi connectivity index (χ1v) is 15.2. The first-order chi connectivity index (χ1) is 21.2. The SMILES string of the molecule is COc1cc(NCc2cc(N3CCN[C@@H](CC#N)C3)nc(NC[C@@H]3CCCN3Cc3ccccc3)n2)c2ccccc2c1. The van der Waals surface area contributed by atoms with Crippen molar-refractivity contribution in [3.63, 3.8) is 0 Å². The number of benzene rings is 3. The Morgan fingerprint density at radius 2 is 1.88 bits per heavy atom. The Bertz CT molecular complexity index is 1560. The van der Waals surface area contributed by atoms with Gasteiger partial charge in [-0.3, -0.25) is 4.90 Å². The molecule has 0 bridgehead atoms. The highest BCUT2D eigenvalue weighted by atomic mass is 16.5. The highest BCUT2D eigenvalue weighted by Crippen LogP contribution is 2.30. The van der Waals surface area contributed by atoms with E-state index in [1.165, 1.54) is 12.0 Å². The van der Waals surface area contributed by atoms with Gasteiger partial charge in [0.05, 0.1) is 31.8 Å². The van der Waals surface area contributed by atoms with Crippen LogP contribution in [0.5, 0.6) is 5.75 Å². The maximum atomic E-state index is 9.28. The van der Waals surface area contributed by atoms with Gasteiger partial charge >= 0.3 is 0 Å². The summed E-state index contributed by atoms with van der Waals surface area (Å²) in [7, 11) is 1.70. The van der Waals surface area contributed by atoms with E-state index in [4.69, 9.17) is 14.7 Å². The minimum atomic E-state index is 0.125. The van der Waals surface area contributed by atoms with Crippen LogP contribution in [0.3, 0.4) is 0 Å². The number of ether oxygens (including phenoxy) is 1. The summed E-state index contributed by atoms with van der Waals surface area (Å²) < 4.78 is 5.57. The number of aromatic nitrogens is 2. The molecule has 6 rings (SSSR count). The van der Waals surface area contributed by atoms with E-state index >= 15 is 0 Å². The van der Waals surface area contributed by atoms with Gasteiger partial charge < -0.3 is 25.6 Å². The van der Waals surface area contributed by atoms with Crippen LogP contribution >= 0.6 is 0 Å². The van der Waals surface area contributed by atoms with Gasteiger partial charge in [-0.15, -0.1) is 0 Å². The fourth-order valence-electron chi connectivity index (χ4n) is 6.19. The zero-order chi connectivity index (χ0) is 29.4. The zero-order valence-corrected chi connectivity index (χ0v) is 24.8. The van der Waals surface area contributed by atoms with E-state index in [1.54, 1.807) is 7.11 Å². The highest BCUT2D eigenvalue weighted by molar-refractivity contribution is 5.95. The molecule has 9 nitrogen and oxygen atoms in total. The van der Waals surface area contributed by atoms with Crippen molar-refractivity contribution in [2.24, 2.45) is 0 Å². The zero-order valence-electron chi connectivity index (χ0n) is 24.8. The van der Waals surface area contributed by atoms with Gasteiger partial charge in [-0.25, -0.2) is 4.98 Å². The van der Waals surface area contributed by atoms with Crippen LogP contribution in [0.25, 0.3) is 10.8 Å². The van der Waals surface area contributed by atoms with E-state index in [0.717, 1.165) is 79.4 Å². The van der Waals surface area contributed by atoms with Crippen LogP contribution in [-0.4, -0.2) is 66.8 Å². The summed E-state index contributed by atoms with van der Waals surface area (Å²) in [6.07, 6.45) is 2.83. The van der Waals surface area contributed by atoms with Crippen molar-refractivity contribution in [2.75, 3.05) is 55.4 Å². The Morgan fingerprint density at radius 3 is 2.74 bits per heavy atom. The highest BCUT2D eigenvalue weighted by Gasteiger charge is 2.25. The number of fused-ring (bicyclic) bond motifs is 1. The molecule has 3 N–H and O–H groups in total. The predicted octanol–water partition coefficient (Wildman–Crippen LogP) is 5.02. The van der Waals surface area contributed by atoms with E-state index < -0.39 is 0 Å². The molecular formula is C34H40N8O. The summed E-state index contributed by atoms with van der Waals surface area (Å²) in [5.41, 5.74) is 3.25. The maximum Gasteiger partial charge on any atom is 0.224 e. The third kappa shape index (κ3) is 7.16. The molecule has 0 saturated carbocycles. The number of piperazine rings is 1. The summed E-state index contributed by atoms with van der Waals surface area (Å²) >= 11 is 0. The summed E-state index contributed by atoms with van der Waals surface area (Å²) in [4.78, 5) is 14.8. The van der Waals surface area contributed by atoms with Gasteiger partial charge in [-0.1, -0.05) is 54.6 Å². The van der Waals surface area contributed by atoms with Crippen LogP contribution in [0.15, 0.2) is 72.8 Å². The van der Waals surface area contributed by atoms with Crippen LogP contribution in [-0.2, 0) is 13.1 Å². The molecule has 2 saturated heterocycles. The molecule has 0 radical (unpaired) electrons. The minimum absolute atomic E-state index is 0.125. The molecule has 9 heteroatoms. The number of methoxy groups -OCH3 is 1. The average Bonchev–Trinajstić information content (AvgIpc) is 3.49. The monoisotopic (exact) mass is 576 g/mol. The third-order valence-electron chi connectivity index (χ3n) is 8.44. The van der Waals surface area contributed by atoms with Crippen LogP contribution in [0.1, 0.15) is 30.5 Å². The average molecular weight is 577 g/mol. The maximum absolute atomic E-state index is 9.28. The van der Waals surface area contributed by atoms with Crippen molar-refractivity contribution in [1.82, 2.24) is 20.2 Å². The Morgan fingerprint density at radius 1 is 1.02 bits per heavy atom. The van der Waals surface area contributed by atoms with Crippen LogP contribution in [0.2, 0.25) is 0 Å². The van der Waals surface area contributed by atoms with Crippen molar-refractivity contribution in [3.8, 4) is 11.8 Å². The number of nitrogens with zero attached hydrogens (tertiary/aromatic N) is 5. The van der Waals surface area contributed by atoms with Crippen molar-refractivity contribution in [2.45, 2.75) is 44.4 Å². The van der Waals surface area contributed by atoms with Crippen molar-refractivity contribution >= 4 is 28.2 Å². The molecule has 3 heterocycles. The number of rotatable bonds is 11. The predicted molar refractivity (Wildman–Crippen MR) is 172 cm³/mol. The van der Waals surface area contributed by atoms with Crippen molar-refractivity contribution in [3.05, 3.63) is 84.1 Å². The first kappa shape index (κ1) is 28.7. The van der Waals surface area contributed by atoms with Gasteiger partial charge in [0, 0.05) is 68.0 Å². The van der Waals surface area contributed by atoms with Gasteiger partial charge in [0.25, 0.3) is 0 Å². The molecule has 2 aliphatic heterocycles. The van der Waals surface area contributed by atoms with Crippen LogP contribution in [0.4, 0.5) is 17.5 Å². The fourth-order valence-corrected chi connectivity index (χ4v) is 6.19. The quantitative estimate of drug-likeness (QED) is 0.227. The number of nitrogens with one attached hydrogen (secondary N) is 3. The lowest BCUT2D eigenvalue weighted by molar-refractivity contribution is 0.254. The smallest absolute Gasteiger partial charge is 0.224 e. The molecule has 0 spiro atoms. The van der Waals surface area contributed by atoms with E-state index in [2.05, 4.69) is 92.5 Å². The molecule has 2 aliphatic rings. The van der Waals surface area contributed by atoms with Crippen molar-refractivity contribution in [1.29, 1.82) is 5.26 Å². The molecule has 0 aliphatic carbocycles. The second kappa shape index (κ2) is 13.7. The fraction of sp³-hybridized carbons (Fsp3) is 0.382. The molecule has 222 valence electrons. The number of hydrogen-bond acceptors (Lipinski definition) is 9. The van der Waals surface area contributed by atoms with Gasteiger partial charge in [0.2, 0.25) is 5.95 Å². The summed E-state index contributed by atoms with van der Waals surface area (Å²) in [6.45, 7) is 5.79. The second-order valence-electron chi connectivity index (χ2n) is 11.4. The van der Waals surface area contributed by atoms with E-state index in [0.29, 0.717) is 25.0 Å². The molecule has 3 aromatic carbocycles. The van der Waals surface area contributed by atoms with Gasteiger partial charge in [0.1, 0.15) is 11.6 Å². The van der Waals surface area contributed by atoms with E-state index in [-0.39, 0.29) is 6.04 Å². The van der Waals surface area contributed by atoms with Crippen molar-refractivity contribution < 1.29 is 4.74 Å². The van der Waals surface area contributed by atoms with Gasteiger partial charge in [0.15, 0.2) is 0 Å². The molecule has 43 heavy (non-hydrogen) atoms. The molecule has 2 fully saturated rings. The standard InChI is InChI=1S/C34H40N8O/c1-43-30-18-26-10-5-6-12-31(26)32(20-30)37-21-28-19-33(42-17-15-36-27(24-42)13-14-35)40-34(39-28)38-22-29-11-7-16-41(29)23-25-8-3-2-4-9-25/h2-6,8-10,12,18-20,27,29,36-37H,7,11,13,15-17,21-24H2,1H3,(H,38,39,40)/t27-,29-/m0/s1.